The van der Waals surface area contributed by atoms with E-state index in [1.807, 2.05) is 50.4 Å². The van der Waals surface area contributed by atoms with Gasteiger partial charge in [0.1, 0.15) is 6.54 Å². The van der Waals surface area contributed by atoms with E-state index in [9.17, 15) is 14.4 Å². The van der Waals surface area contributed by atoms with Gasteiger partial charge in [0.15, 0.2) is 5.54 Å². The SMILES string of the molecule is Cc1ccc(C(C)NC(=O)CN2C(=O)NC(C)(c3cccs3)C2=O)cc1C. The average molecular weight is 385 g/mol. The lowest BCUT2D eigenvalue weighted by Gasteiger charge is -2.21. The lowest BCUT2D eigenvalue weighted by atomic mass is 10.0. The van der Waals surface area contributed by atoms with Crippen LogP contribution in [0.2, 0.25) is 0 Å². The molecule has 3 rings (SSSR count). The van der Waals surface area contributed by atoms with E-state index < -0.39 is 17.5 Å². The second-order valence-corrected chi connectivity index (χ2v) is 8.00. The van der Waals surface area contributed by atoms with Gasteiger partial charge in [0.25, 0.3) is 5.91 Å². The number of urea groups is 1. The summed E-state index contributed by atoms with van der Waals surface area (Å²) in [6.07, 6.45) is 0. The summed E-state index contributed by atoms with van der Waals surface area (Å²) in [6.45, 7) is 7.29. The molecule has 2 unspecified atom stereocenters. The molecule has 142 valence electrons. The van der Waals surface area contributed by atoms with E-state index in [0.29, 0.717) is 0 Å². The second kappa shape index (κ2) is 7.15. The number of hydrogen-bond donors (Lipinski definition) is 2. The normalized spacial score (nSPS) is 20.5. The van der Waals surface area contributed by atoms with E-state index in [1.54, 1.807) is 13.0 Å². The maximum absolute atomic E-state index is 12.8. The molecular weight excluding hydrogens is 362 g/mol. The zero-order valence-electron chi connectivity index (χ0n) is 15.8. The molecule has 1 aliphatic heterocycles. The van der Waals surface area contributed by atoms with Crippen LogP contribution in [0.1, 0.15) is 41.5 Å². The van der Waals surface area contributed by atoms with Gasteiger partial charge in [-0.05, 0) is 55.8 Å². The molecule has 0 spiro atoms. The van der Waals surface area contributed by atoms with Gasteiger partial charge in [-0.1, -0.05) is 24.3 Å². The first-order valence-corrected chi connectivity index (χ1v) is 9.65. The van der Waals surface area contributed by atoms with Crippen LogP contribution in [-0.4, -0.2) is 29.3 Å². The molecule has 2 atom stereocenters. The third-order valence-electron chi connectivity index (χ3n) is 5.00. The number of carbonyl (C=O) groups is 3. The van der Waals surface area contributed by atoms with Crippen molar-refractivity contribution in [1.82, 2.24) is 15.5 Å². The molecule has 0 aliphatic carbocycles. The molecule has 1 aromatic heterocycles. The first-order chi connectivity index (χ1) is 12.7. The van der Waals surface area contributed by atoms with Crippen molar-refractivity contribution in [1.29, 1.82) is 0 Å². The summed E-state index contributed by atoms with van der Waals surface area (Å²) in [5, 5.41) is 7.42. The number of nitrogens with zero attached hydrogens (tertiary/aromatic N) is 1. The standard InChI is InChI=1S/C20H23N3O3S/c1-12-7-8-15(10-13(12)2)14(3)21-17(24)11-23-18(25)20(4,22-19(23)26)16-6-5-9-27-16/h5-10,14H,11H2,1-4H3,(H,21,24)(H,22,26). The summed E-state index contributed by atoms with van der Waals surface area (Å²) in [6, 6.07) is 8.86. The van der Waals surface area contributed by atoms with Crippen LogP contribution in [0.25, 0.3) is 0 Å². The quantitative estimate of drug-likeness (QED) is 0.777. The average Bonchev–Trinajstić information content (AvgIpc) is 3.22. The molecule has 6 nitrogen and oxygen atoms in total. The molecule has 1 aromatic carbocycles. The number of rotatable bonds is 5. The maximum Gasteiger partial charge on any atom is 0.325 e. The number of amides is 4. The molecule has 2 heterocycles. The number of carbonyl (C=O) groups excluding carboxylic acids is 3. The first kappa shape index (κ1) is 19.1. The lowest BCUT2D eigenvalue weighted by molar-refractivity contribution is -0.134. The van der Waals surface area contributed by atoms with E-state index in [-0.39, 0.29) is 18.5 Å². The van der Waals surface area contributed by atoms with E-state index in [4.69, 9.17) is 0 Å². The predicted octanol–water partition coefficient (Wildman–Crippen LogP) is 3.01. The van der Waals surface area contributed by atoms with Crippen LogP contribution in [-0.2, 0) is 15.1 Å². The van der Waals surface area contributed by atoms with Gasteiger partial charge >= 0.3 is 6.03 Å². The smallest absolute Gasteiger partial charge is 0.325 e. The lowest BCUT2D eigenvalue weighted by Crippen LogP contribution is -2.43. The monoisotopic (exact) mass is 385 g/mol. The van der Waals surface area contributed by atoms with Crippen molar-refractivity contribution in [3.8, 4) is 0 Å². The van der Waals surface area contributed by atoms with E-state index in [1.165, 1.54) is 16.9 Å². The van der Waals surface area contributed by atoms with Crippen LogP contribution < -0.4 is 10.6 Å². The summed E-state index contributed by atoms with van der Waals surface area (Å²) in [7, 11) is 0. The molecule has 1 aliphatic rings. The number of thiophene rings is 1. The largest absolute Gasteiger partial charge is 0.348 e. The van der Waals surface area contributed by atoms with Crippen LogP contribution in [0.5, 0.6) is 0 Å². The Morgan fingerprint density at radius 2 is 2.00 bits per heavy atom. The Balaban J connectivity index is 1.68. The molecule has 4 amide bonds. The Morgan fingerprint density at radius 3 is 2.63 bits per heavy atom. The highest BCUT2D eigenvalue weighted by Crippen LogP contribution is 2.31. The molecule has 0 radical (unpaired) electrons. The van der Waals surface area contributed by atoms with Gasteiger partial charge in [0.2, 0.25) is 5.91 Å². The highest BCUT2D eigenvalue weighted by atomic mass is 32.1. The fraction of sp³-hybridized carbons (Fsp3) is 0.350. The van der Waals surface area contributed by atoms with Crippen LogP contribution in [0, 0.1) is 13.8 Å². The Kier molecular flexibility index (Phi) is 5.06. The van der Waals surface area contributed by atoms with Crippen LogP contribution >= 0.6 is 11.3 Å². The summed E-state index contributed by atoms with van der Waals surface area (Å²) in [5.74, 6) is -0.788. The topological polar surface area (TPSA) is 78.5 Å². The van der Waals surface area contributed by atoms with Crippen molar-refractivity contribution < 1.29 is 14.4 Å². The van der Waals surface area contributed by atoms with Gasteiger partial charge < -0.3 is 10.6 Å². The van der Waals surface area contributed by atoms with Crippen molar-refractivity contribution >= 4 is 29.2 Å². The van der Waals surface area contributed by atoms with Crippen molar-refractivity contribution in [2.45, 2.75) is 39.3 Å². The number of imide groups is 1. The van der Waals surface area contributed by atoms with Crippen LogP contribution in [0.4, 0.5) is 4.79 Å². The Hall–Kier alpha value is -2.67. The Labute approximate surface area is 162 Å². The molecule has 1 saturated heterocycles. The van der Waals surface area contributed by atoms with Crippen molar-refractivity contribution in [2.75, 3.05) is 6.54 Å². The highest BCUT2D eigenvalue weighted by Gasteiger charge is 2.50. The summed E-state index contributed by atoms with van der Waals surface area (Å²) < 4.78 is 0. The fourth-order valence-corrected chi connectivity index (χ4v) is 3.95. The minimum atomic E-state index is -1.12. The second-order valence-electron chi connectivity index (χ2n) is 7.06. The van der Waals surface area contributed by atoms with Gasteiger partial charge in [-0.2, -0.15) is 0 Å². The molecule has 2 aromatic rings. The maximum atomic E-state index is 12.8. The summed E-state index contributed by atoms with van der Waals surface area (Å²) >= 11 is 1.39. The van der Waals surface area contributed by atoms with Crippen molar-refractivity contribution in [2.24, 2.45) is 0 Å². The van der Waals surface area contributed by atoms with Crippen molar-refractivity contribution in [3.63, 3.8) is 0 Å². The molecular formula is C20H23N3O3S. The summed E-state index contributed by atoms with van der Waals surface area (Å²) in [4.78, 5) is 39.2. The van der Waals surface area contributed by atoms with E-state index in [2.05, 4.69) is 10.6 Å². The Bertz CT molecular complexity index is 894. The third kappa shape index (κ3) is 3.60. The zero-order chi connectivity index (χ0) is 19.8. The van der Waals surface area contributed by atoms with Gasteiger partial charge in [-0.25, -0.2) is 4.79 Å². The van der Waals surface area contributed by atoms with Gasteiger partial charge in [0.05, 0.1) is 6.04 Å². The summed E-state index contributed by atoms with van der Waals surface area (Å²) in [5.41, 5.74) is 2.19. The van der Waals surface area contributed by atoms with Crippen LogP contribution in [0.3, 0.4) is 0 Å². The van der Waals surface area contributed by atoms with Crippen molar-refractivity contribution in [3.05, 3.63) is 57.3 Å². The van der Waals surface area contributed by atoms with Gasteiger partial charge in [-0.15, -0.1) is 11.3 Å². The Morgan fingerprint density at radius 1 is 1.26 bits per heavy atom. The zero-order valence-corrected chi connectivity index (χ0v) is 16.6. The minimum absolute atomic E-state index is 0.221. The molecule has 2 N–H and O–H groups in total. The predicted molar refractivity (Wildman–Crippen MR) is 104 cm³/mol. The van der Waals surface area contributed by atoms with E-state index >= 15 is 0 Å². The number of hydrogen-bond acceptors (Lipinski definition) is 4. The van der Waals surface area contributed by atoms with Crippen LogP contribution in [0.15, 0.2) is 35.7 Å². The highest BCUT2D eigenvalue weighted by molar-refractivity contribution is 7.10. The molecule has 27 heavy (non-hydrogen) atoms. The first-order valence-electron chi connectivity index (χ1n) is 8.77. The number of benzene rings is 1. The molecule has 7 heteroatoms. The van der Waals surface area contributed by atoms with Gasteiger partial charge in [-0.3, -0.25) is 14.5 Å². The molecule has 0 bridgehead atoms. The third-order valence-corrected chi connectivity index (χ3v) is 6.09. The number of nitrogens with one attached hydrogen (secondary N) is 2. The molecule has 1 fully saturated rings. The van der Waals surface area contributed by atoms with E-state index in [0.717, 1.165) is 20.9 Å². The minimum Gasteiger partial charge on any atom is -0.348 e. The number of aryl methyl sites for hydroxylation is 2. The molecule has 0 saturated carbocycles. The van der Waals surface area contributed by atoms with Gasteiger partial charge in [0, 0.05) is 4.88 Å². The fourth-order valence-electron chi connectivity index (χ4n) is 3.12.